The lowest BCUT2D eigenvalue weighted by Crippen LogP contribution is -2.43. The van der Waals surface area contributed by atoms with E-state index in [1.165, 1.54) is 0 Å². The number of hydrogen-bond donors (Lipinski definition) is 2. The van der Waals surface area contributed by atoms with Gasteiger partial charge >= 0.3 is 5.97 Å². The Balaban J connectivity index is 2.11. The number of hydrogen-bond acceptors (Lipinski definition) is 4. The summed E-state index contributed by atoms with van der Waals surface area (Å²) >= 11 is 0. The highest BCUT2D eigenvalue weighted by atomic mass is 16.5. The van der Waals surface area contributed by atoms with Crippen LogP contribution in [0.15, 0.2) is 54.6 Å². The van der Waals surface area contributed by atoms with E-state index in [-0.39, 0.29) is 19.1 Å². The molecule has 1 amide bonds. The minimum Gasteiger partial charge on any atom is -0.464 e. The number of aliphatic hydroxyl groups is 1. The first-order chi connectivity index (χ1) is 11.6. The Labute approximate surface area is 141 Å². The average Bonchev–Trinajstić information content (AvgIpc) is 2.62. The predicted molar refractivity (Wildman–Crippen MR) is 90.4 cm³/mol. The monoisotopic (exact) mass is 327 g/mol. The van der Waals surface area contributed by atoms with Crippen LogP contribution in [-0.2, 0) is 22.6 Å². The van der Waals surface area contributed by atoms with Crippen molar-refractivity contribution in [2.24, 2.45) is 0 Å². The quantitative estimate of drug-likeness (QED) is 0.764. The van der Waals surface area contributed by atoms with E-state index in [0.717, 1.165) is 11.1 Å². The lowest BCUT2D eigenvalue weighted by molar-refractivity contribution is -0.145. The van der Waals surface area contributed by atoms with Crippen molar-refractivity contribution in [1.82, 2.24) is 5.32 Å². The average molecular weight is 327 g/mol. The highest BCUT2D eigenvalue weighted by Gasteiger charge is 2.23. The summed E-state index contributed by atoms with van der Waals surface area (Å²) < 4.78 is 5.06. The van der Waals surface area contributed by atoms with Gasteiger partial charge in [-0.2, -0.15) is 0 Å². The fourth-order valence-electron chi connectivity index (χ4n) is 2.29. The topological polar surface area (TPSA) is 75.6 Å². The normalized spacial score (nSPS) is 11.6. The molecule has 0 aliphatic rings. The van der Waals surface area contributed by atoms with Crippen molar-refractivity contribution < 1.29 is 19.4 Å². The lowest BCUT2D eigenvalue weighted by atomic mass is 10.1. The van der Waals surface area contributed by atoms with Gasteiger partial charge in [0.1, 0.15) is 6.04 Å². The second-order valence-corrected chi connectivity index (χ2v) is 5.32. The van der Waals surface area contributed by atoms with Gasteiger partial charge in [0.05, 0.1) is 13.2 Å². The van der Waals surface area contributed by atoms with Gasteiger partial charge in [-0.25, -0.2) is 4.79 Å². The molecule has 2 rings (SSSR count). The van der Waals surface area contributed by atoms with Crippen LogP contribution < -0.4 is 5.32 Å². The molecule has 0 aliphatic heterocycles. The maximum absolute atomic E-state index is 12.4. The molecular formula is C19H21NO4. The molecule has 0 spiro atoms. The van der Waals surface area contributed by atoms with Crippen molar-refractivity contribution in [2.45, 2.75) is 26.0 Å². The van der Waals surface area contributed by atoms with Crippen LogP contribution >= 0.6 is 0 Å². The first kappa shape index (κ1) is 17.7. The molecule has 2 N–H and O–H groups in total. The first-order valence-electron chi connectivity index (χ1n) is 7.85. The Morgan fingerprint density at radius 2 is 1.71 bits per heavy atom. The van der Waals surface area contributed by atoms with Gasteiger partial charge in [0, 0.05) is 12.0 Å². The Bertz CT molecular complexity index is 668. The zero-order valence-electron chi connectivity index (χ0n) is 13.6. The number of esters is 1. The van der Waals surface area contributed by atoms with Crippen molar-refractivity contribution in [2.75, 3.05) is 6.61 Å². The van der Waals surface area contributed by atoms with Crippen molar-refractivity contribution >= 4 is 11.9 Å². The molecule has 0 fully saturated rings. The molecule has 2 aromatic rings. The number of rotatable bonds is 7. The maximum Gasteiger partial charge on any atom is 0.328 e. The van der Waals surface area contributed by atoms with E-state index in [4.69, 9.17) is 9.84 Å². The zero-order chi connectivity index (χ0) is 17.4. The fraction of sp³-hybridized carbons (Fsp3) is 0.263. The summed E-state index contributed by atoms with van der Waals surface area (Å²) in [6.07, 6.45) is 0.361. The third-order valence-electron chi connectivity index (χ3n) is 3.56. The molecule has 0 heterocycles. The van der Waals surface area contributed by atoms with Gasteiger partial charge in [-0.1, -0.05) is 42.5 Å². The summed E-state index contributed by atoms with van der Waals surface area (Å²) in [6.45, 7) is 1.90. The van der Waals surface area contributed by atoms with E-state index >= 15 is 0 Å². The smallest absolute Gasteiger partial charge is 0.328 e. The molecule has 0 saturated carbocycles. The number of ether oxygens (including phenoxy) is 1. The molecule has 0 radical (unpaired) electrons. The highest BCUT2D eigenvalue weighted by Crippen LogP contribution is 2.08. The van der Waals surface area contributed by atoms with E-state index in [1.54, 1.807) is 31.2 Å². The lowest BCUT2D eigenvalue weighted by Gasteiger charge is -2.17. The standard InChI is InChI=1S/C19H21NO4/c1-2-24-19(23)17(12-14-6-4-3-5-7-14)20-18(22)16-10-8-15(13-21)9-11-16/h3-11,17,21H,2,12-13H2,1H3,(H,20,22)/t17-/m0/s1. The number of nitrogens with one attached hydrogen (secondary N) is 1. The minimum atomic E-state index is -0.752. The fourth-order valence-corrected chi connectivity index (χ4v) is 2.29. The molecule has 2 aromatic carbocycles. The molecule has 0 unspecified atom stereocenters. The van der Waals surface area contributed by atoms with Crippen LogP contribution in [0.1, 0.15) is 28.4 Å². The van der Waals surface area contributed by atoms with Crippen molar-refractivity contribution in [3.8, 4) is 0 Å². The van der Waals surface area contributed by atoms with E-state index in [0.29, 0.717) is 12.0 Å². The van der Waals surface area contributed by atoms with E-state index in [9.17, 15) is 9.59 Å². The van der Waals surface area contributed by atoms with Crippen LogP contribution in [0.3, 0.4) is 0 Å². The number of amides is 1. The van der Waals surface area contributed by atoms with Crippen LogP contribution in [0, 0.1) is 0 Å². The Morgan fingerprint density at radius 1 is 1.04 bits per heavy atom. The molecule has 0 aromatic heterocycles. The summed E-state index contributed by atoms with van der Waals surface area (Å²) in [4.78, 5) is 24.5. The largest absolute Gasteiger partial charge is 0.464 e. The Morgan fingerprint density at radius 3 is 2.29 bits per heavy atom. The minimum absolute atomic E-state index is 0.0820. The van der Waals surface area contributed by atoms with Crippen molar-refractivity contribution in [3.05, 3.63) is 71.3 Å². The first-order valence-corrected chi connectivity index (χ1v) is 7.85. The highest BCUT2D eigenvalue weighted by molar-refractivity contribution is 5.96. The SMILES string of the molecule is CCOC(=O)[C@H](Cc1ccccc1)NC(=O)c1ccc(CO)cc1. The number of benzene rings is 2. The molecule has 1 atom stereocenters. The van der Waals surface area contributed by atoms with Gasteiger partial charge in [-0.05, 0) is 30.2 Å². The molecule has 0 saturated heterocycles. The van der Waals surface area contributed by atoms with E-state index < -0.39 is 12.0 Å². The summed E-state index contributed by atoms with van der Waals surface area (Å²) in [6, 6.07) is 15.3. The number of aliphatic hydroxyl groups excluding tert-OH is 1. The summed E-state index contributed by atoms with van der Waals surface area (Å²) in [5.41, 5.74) is 2.08. The molecule has 5 heteroatoms. The third-order valence-corrected chi connectivity index (χ3v) is 3.56. The Kier molecular flexibility index (Phi) is 6.51. The predicted octanol–water partition coefficient (Wildman–Crippen LogP) is 2.08. The molecule has 126 valence electrons. The van der Waals surface area contributed by atoms with Crippen molar-refractivity contribution in [1.29, 1.82) is 0 Å². The van der Waals surface area contributed by atoms with Crippen LogP contribution in [0.2, 0.25) is 0 Å². The second kappa shape index (κ2) is 8.84. The molecule has 0 aliphatic carbocycles. The van der Waals surface area contributed by atoms with Crippen LogP contribution in [0.5, 0.6) is 0 Å². The van der Waals surface area contributed by atoms with Gasteiger partial charge in [0.15, 0.2) is 0 Å². The van der Waals surface area contributed by atoms with Gasteiger partial charge < -0.3 is 15.2 Å². The zero-order valence-corrected chi connectivity index (χ0v) is 13.6. The Hall–Kier alpha value is -2.66. The molecule has 24 heavy (non-hydrogen) atoms. The summed E-state index contributed by atoms with van der Waals surface area (Å²) in [7, 11) is 0. The van der Waals surface area contributed by atoms with Crippen LogP contribution in [0.4, 0.5) is 0 Å². The van der Waals surface area contributed by atoms with Crippen LogP contribution in [-0.4, -0.2) is 29.6 Å². The van der Waals surface area contributed by atoms with E-state index in [1.807, 2.05) is 30.3 Å². The van der Waals surface area contributed by atoms with E-state index in [2.05, 4.69) is 5.32 Å². The molecule has 5 nitrogen and oxygen atoms in total. The number of carbonyl (C=O) groups is 2. The van der Waals surface area contributed by atoms with Gasteiger partial charge in [-0.3, -0.25) is 4.79 Å². The molecular weight excluding hydrogens is 306 g/mol. The maximum atomic E-state index is 12.4. The van der Waals surface area contributed by atoms with Gasteiger partial charge in [0.2, 0.25) is 0 Å². The number of carbonyl (C=O) groups excluding carboxylic acids is 2. The summed E-state index contributed by atoms with van der Waals surface area (Å²) in [5.74, 6) is -0.810. The van der Waals surface area contributed by atoms with Crippen LogP contribution in [0.25, 0.3) is 0 Å². The third kappa shape index (κ3) is 4.93. The van der Waals surface area contributed by atoms with Gasteiger partial charge in [0.25, 0.3) is 5.91 Å². The van der Waals surface area contributed by atoms with Crippen molar-refractivity contribution in [3.63, 3.8) is 0 Å². The van der Waals surface area contributed by atoms with Gasteiger partial charge in [-0.15, -0.1) is 0 Å². The summed E-state index contributed by atoms with van der Waals surface area (Å²) in [5, 5.41) is 11.8. The molecule has 0 bridgehead atoms. The second-order valence-electron chi connectivity index (χ2n) is 5.32.